The van der Waals surface area contributed by atoms with E-state index in [4.69, 9.17) is 17.3 Å². The second kappa shape index (κ2) is 7.03. The second-order valence-corrected chi connectivity index (χ2v) is 7.10. The zero-order valence-corrected chi connectivity index (χ0v) is 14.0. The first kappa shape index (κ1) is 19.2. The van der Waals surface area contributed by atoms with Crippen molar-refractivity contribution in [3.8, 4) is 0 Å². The summed E-state index contributed by atoms with van der Waals surface area (Å²) in [6.45, 7) is 0. The summed E-state index contributed by atoms with van der Waals surface area (Å²) in [5, 5.41) is -0.420. The third-order valence-electron chi connectivity index (χ3n) is 3.24. The number of nitrogens with two attached hydrogens (primary N) is 1. The number of carbonyl (C=O) groups is 1. The number of primary amides is 1. The molecular formula is C15H12ClF3N2O3S. The molecule has 0 heterocycles. The first-order chi connectivity index (χ1) is 11.5. The van der Waals surface area contributed by atoms with Gasteiger partial charge in [-0.25, -0.2) is 8.42 Å². The van der Waals surface area contributed by atoms with Crippen LogP contribution >= 0.6 is 11.6 Å². The van der Waals surface area contributed by atoms with Crippen LogP contribution in [-0.4, -0.2) is 14.3 Å². The van der Waals surface area contributed by atoms with E-state index in [2.05, 4.69) is 0 Å². The van der Waals surface area contributed by atoms with Gasteiger partial charge in [0.15, 0.2) is 0 Å². The van der Waals surface area contributed by atoms with Crippen LogP contribution in [0, 0.1) is 0 Å². The molecule has 3 N–H and O–H groups in total. The van der Waals surface area contributed by atoms with Gasteiger partial charge in [-0.05, 0) is 23.8 Å². The predicted octanol–water partition coefficient (Wildman–Crippen LogP) is 2.86. The topological polar surface area (TPSA) is 89.3 Å². The van der Waals surface area contributed by atoms with Gasteiger partial charge in [0.25, 0.3) is 0 Å². The Morgan fingerprint density at radius 3 is 2.24 bits per heavy atom. The highest BCUT2D eigenvalue weighted by atomic mass is 35.5. The Kier molecular flexibility index (Phi) is 5.40. The molecule has 1 atom stereocenters. The Morgan fingerprint density at radius 1 is 1.12 bits per heavy atom. The van der Waals surface area contributed by atoms with Crippen molar-refractivity contribution >= 4 is 27.5 Å². The standard InChI is InChI=1S/C15H12ClF3N2O3S/c16-11-7-6-10(15(17,18)19)8-12(11)25(23,24)21-13(14(20)22)9-4-2-1-3-5-9/h1-8,13,21H,(H2,20,22). The first-order valence-corrected chi connectivity index (χ1v) is 8.62. The number of alkyl halides is 3. The number of sulfonamides is 1. The molecule has 0 aliphatic carbocycles. The maximum Gasteiger partial charge on any atom is 0.416 e. The van der Waals surface area contributed by atoms with Gasteiger partial charge in [-0.1, -0.05) is 41.9 Å². The average Bonchev–Trinajstić information content (AvgIpc) is 2.52. The SMILES string of the molecule is NC(=O)C(NS(=O)(=O)c1cc(C(F)(F)F)ccc1Cl)c1ccccc1. The fraction of sp³-hybridized carbons (Fsp3) is 0.133. The van der Waals surface area contributed by atoms with Gasteiger partial charge >= 0.3 is 6.18 Å². The maximum absolute atomic E-state index is 12.8. The lowest BCUT2D eigenvalue weighted by atomic mass is 10.1. The van der Waals surface area contributed by atoms with Gasteiger partial charge in [-0.15, -0.1) is 0 Å². The molecule has 25 heavy (non-hydrogen) atoms. The molecule has 0 spiro atoms. The van der Waals surface area contributed by atoms with E-state index >= 15 is 0 Å². The lowest BCUT2D eigenvalue weighted by Gasteiger charge is -2.17. The number of rotatable bonds is 5. The van der Waals surface area contributed by atoms with E-state index in [1.807, 2.05) is 4.72 Å². The van der Waals surface area contributed by atoms with Crippen molar-refractivity contribution in [3.63, 3.8) is 0 Å². The summed E-state index contributed by atoms with van der Waals surface area (Å²) in [6.07, 6.45) is -4.75. The van der Waals surface area contributed by atoms with Crippen LogP contribution in [-0.2, 0) is 21.0 Å². The molecule has 2 rings (SSSR count). The minimum atomic E-state index is -4.75. The quantitative estimate of drug-likeness (QED) is 0.819. The van der Waals surface area contributed by atoms with E-state index in [1.54, 1.807) is 18.2 Å². The van der Waals surface area contributed by atoms with Crippen molar-refractivity contribution < 1.29 is 26.4 Å². The van der Waals surface area contributed by atoms with Crippen molar-refractivity contribution in [1.29, 1.82) is 0 Å². The highest BCUT2D eigenvalue weighted by molar-refractivity contribution is 7.89. The number of hydrogen-bond acceptors (Lipinski definition) is 3. The maximum atomic E-state index is 12.8. The first-order valence-electron chi connectivity index (χ1n) is 6.76. The number of amides is 1. The van der Waals surface area contributed by atoms with Crippen LogP contribution < -0.4 is 10.5 Å². The molecule has 0 aliphatic rings. The van der Waals surface area contributed by atoms with Gasteiger partial charge in [-0.2, -0.15) is 17.9 Å². The fourth-order valence-electron chi connectivity index (χ4n) is 2.04. The largest absolute Gasteiger partial charge is 0.416 e. The molecule has 5 nitrogen and oxygen atoms in total. The van der Waals surface area contributed by atoms with Gasteiger partial charge in [0.2, 0.25) is 15.9 Å². The molecule has 0 saturated heterocycles. The number of carbonyl (C=O) groups excluding carboxylic acids is 1. The normalized spacial score (nSPS) is 13.4. The third kappa shape index (κ3) is 4.50. The molecule has 0 aliphatic heterocycles. The molecule has 10 heteroatoms. The van der Waals surface area contributed by atoms with Crippen molar-refractivity contribution in [2.75, 3.05) is 0 Å². The molecule has 0 saturated carbocycles. The van der Waals surface area contributed by atoms with E-state index in [0.717, 1.165) is 6.07 Å². The summed E-state index contributed by atoms with van der Waals surface area (Å²) in [4.78, 5) is 10.8. The third-order valence-corrected chi connectivity index (χ3v) is 5.14. The molecule has 1 unspecified atom stereocenters. The molecule has 1 amide bonds. The Labute approximate surface area is 146 Å². The van der Waals surface area contributed by atoms with Gasteiger partial charge in [-0.3, -0.25) is 4.79 Å². The molecule has 2 aromatic rings. The summed E-state index contributed by atoms with van der Waals surface area (Å²) in [5.41, 5.74) is 4.26. The molecule has 0 bridgehead atoms. The van der Waals surface area contributed by atoms with Gasteiger partial charge in [0.05, 0.1) is 10.6 Å². The summed E-state index contributed by atoms with van der Waals surface area (Å²) in [6, 6.07) is 8.06. The van der Waals surface area contributed by atoms with Gasteiger partial charge in [0.1, 0.15) is 10.9 Å². The van der Waals surface area contributed by atoms with Crippen LogP contribution in [0.4, 0.5) is 13.2 Å². The zero-order valence-electron chi connectivity index (χ0n) is 12.4. The number of hydrogen-bond donors (Lipinski definition) is 2. The lowest BCUT2D eigenvalue weighted by molar-refractivity contribution is -0.137. The molecule has 0 radical (unpaired) electrons. The van der Waals surface area contributed by atoms with Crippen LogP contribution in [0.25, 0.3) is 0 Å². The van der Waals surface area contributed by atoms with Crippen molar-refractivity contribution in [1.82, 2.24) is 4.72 Å². The van der Waals surface area contributed by atoms with Crippen molar-refractivity contribution in [3.05, 3.63) is 64.7 Å². The highest BCUT2D eigenvalue weighted by Gasteiger charge is 2.34. The van der Waals surface area contributed by atoms with Crippen molar-refractivity contribution in [2.24, 2.45) is 5.73 Å². The van der Waals surface area contributed by atoms with Crippen LogP contribution in [0.15, 0.2) is 53.4 Å². The summed E-state index contributed by atoms with van der Waals surface area (Å²) in [5.74, 6) is -1.02. The van der Waals surface area contributed by atoms with Gasteiger partial charge < -0.3 is 5.73 Å². The number of benzene rings is 2. The monoisotopic (exact) mass is 392 g/mol. The second-order valence-electron chi connectivity index (χ2n) is 5.01. The van der Waals surface area contributed by atoms with E-state index in [-0.39, 0.29) is 5.56 Å². The molecule has 134 valence electrons. The Morgan fingerprint density at radius 2 is 1.72 bits per heavy atom. The predicted molar refractivity (Wildman–Crippen MR) is 85.2 cm³/mol. The van der Waals surface area contributed by atoms with E-state index in [1.165, 1.54) is 12.1 Å². The van der Waals surface area contributed by atoms with Crippen LogP contribution in [0.5, 0.6) is 0 Å². The van der Waals surface area contributed by atoms with Crippen LogP contribution in [0.1, 0.15) is 17.2 Å². The van der Waals surface area contributed by atoms with Crippen molar-refractivity contribution in [2.45, 2.75) is 17.1 Å². The Hall–Kier alpha value is -2.10. The van der Waals surface area contributed by atoms with Gasteiger partial charge in [0, 0.05) is 0 Å². The number of halogens is 4. The van der Waals surface area contributed by atoms with E-state index in [0.29, 0.717) is 12.1 Å². The average molecular weight is 393 g/mol. The highest BCUT2D eigenvalue weighted by Crippen LogP contribution is 2.33. The zero-order chi connectivity index (χ0) is 18.8. The number of nitrogens with one attached hydrogen (secondary N) is 1. The van der Waals surface area contributed by atoms with Crippen LogP contribution in [0.2, 0.25) is 5.02 Å². The minimum Gasteiger partial charge on any atom is -0.368 e. The Bertz CT molecular complexity index is 887. The van der Waals surface area contributed by atoms with Crippen LogP contribution in [0.3, 0.4) is 0 Å². The lowest BCUT2D eigenvalue weighted by Crippen LogP contribution is -2.37. The smallest absolute Gasteiger partial charge is 0.368 e. The molecular weight excluding hydrogens is 381 g/mol. The fourth-order valence-corrected chi connectivity index (χ4v) is 3.76. The van der Waals surface area contributed by atoms with E-state index < -0.39 is 43.6 Å². The molecule has 2 aromatic carbocycles. The van der Waals surface area contributed by atoms with E-state index in [9.17, 15) is 26.4 Å². The molecule has 0 fully saturated rings. The molecule has 0 aromatic heterocycles. The summed E-state index contributed by atoms with van der Waals surface area (Å²) >= 11 is 5.74. The summed E-state index contributed by atoms with van der Waals surface area (Å²) in [7, 11) is -4.55. The Balaban J connectivity index is 2.46. The minimum absolute atomic E-state index is 0.238. The summed E-state index contributed by atoms with van der Waals surface area (Å²) < 4.78 is 65.3.